The zero-order valence-electron chi connectivity index (χ0n) is 8.23. The maximum absolute atomic E-state index is 10.5. The van der Waals surface area contributed by atoms with E-state index >= 15 is 0 Å². The number of aliphatic carboxylic acids is 1. The molecule has 4 nitrogen and oxygen atoms in total. The van der Waals surface area contributed by atoms with E-state index in [0.29, 0.717) is 5.56 Å². The van der Waals surface area contributed by atoms with Gasteiger partial charge in [-0.05, 0) is 30.0 Å². The van der Waals surface area contributed by atoms with Gasteiger partial charge in [-0.1, -0.05) is 6.07 Å². The average Bonchev–Trinajstić information content (AvgIpc) is 2.44. The molecule has 0 aromatic heterocycles. The van der Waals surface area contributed by atoms with E-state index in [9.17, 15) is 9.90 Å². The molecule has 1 aliphatic carbocycles. The van der Waals surface area contributed by atoms with E-state index in [1.54, 1.807) is 12.1 Å². The number of carboxylic acid groups (broad SMARTS) is 1. The molecule has 1 aliphatic rings. The molecule has 0 saturated heterocycles. The number of carbonyl (C=O) groups is 1. The molecule has 0 fully saturated rings. The number of hydrogen-bond donors (Lipinski definition) is 3. The average molecular weight is 207 g/mol. The predicted octanol–water partition coefficient (Wildman–Crippen LogP) is 0.445. The van der Waals surface area contributed by atoms with Crippen LogP contribution in [0.1, 0.15) is 16.7 Å². The smallest absolute Gasteiger partial charge is 0.307 e. The fourth-order valence-electron chi connectivity index (χ4n) is 2.05. The van der Waals surface area contributed by atoms with Crippen molar-refractivity contribution < 1.29 is 15.0 Å². The lowest BCUT2D eigenvalue weighted by atomic mass is 10.0. The first-order valence-electron chi connectivity index (χ1n) is 4.87. The molecule has 4 heteroatoms. The highest BCUT2D eigenvalue weighted by Gasteiger charge is 2.20. The second kappa shape index (κ2) is 3.55. The molecule has 4 N–H and O–H groups in total. The molecule has 0 amide bonds. The highest BCUT2D eigenvalue weighted by molar-refractivity contribution is 5.71. The number of rotatable bonds is 2. The zero-order valence-corrected chi connectivity index (χ0v) is 8.23. The fraction of sp³-hybridized carbons (Fsp3) is 0.364. The maximum atomic E-state index is 10.5. The van der Waals surface area contributed by atoms with Crippen LogP contribution in [0.3, 0.4) is 0 Å². The Bertz CT molecular complexity index is 415. The fourth-order valence-corrected chi connectivity index (χ4v) is 2.05. The quantitative estimate of drug-likeness (QED) is 0.657. The number of fused-ring (bicyclic) bond motifs is 1. The first-order chi connectivity index (χ1) is 7.06. The van der Waals surface area contributed by atoms with Gasteiger partial charge in [0.1, 0.15) is 5.75 Å². The summed E-state index contributed by atoms with van der Waals surface area (Å²) in [6, 6.07) is 3.49. The van der Waals surface area contributed by atoms with Crippen molar-refractivity contribution in [3.05, 3.63) is 28.8 Å². The van der Waals surface area contributed by atoms with Crippen molar-refractivity contribution in [2.45, 2.75) is 25.3 Å². The highest BCUT2D eigenvalue weighted by atomic mass is 16.4. The standard InChI is InChI=1S/C11H13NO3/c12-9-2-6-1-8(5-11(14)15)10(13)4-7(6)3-9/h1,4,9,13H,2-3,5,12H2,(H,14,15). The van der Waals surface area contributed by atoms with Crippen molar-refractivity contribution in [2.24, 2.45) is 5.73 Å². The van der Waals surface area contributed by atoms with Crippen LogP contribution < -0.4 is 5.73 Å². The number of phenols is 1. The van der Waals surface area contributed by atoms with Gasteiger partial charge in [0, 0.05) is 11.6 Å². The second-order valence-corrected chi connectivity index (χ2v) is 3.99. The minimum atomic E-state index is -0.937. The molecule has 1 aromatic carbocycles. The van der Waals surface area contributed by atoms with Crippen LogP contribution in [-0.4, -0.2) is 22.2 Å². The van der Waals surface area contributed by atoms with E-state index in [2.05, 4.69) is 0 Å². The van der Waals surface area contributed by atoms with Crippen molar-refractivity contribution in [2.75, 3.05) is 0 Å². The Labute approximate surface area is 87.3 Å². The van der Waals surface area contributed by atoms with E-state index in [0.717, 1.165) is 24.0 Å². The van der Waals surface area contributed by atoms with Crippen molar-refractivity contribution in [3.63, 3.8) is 0 Å². The molecule has 0 bridgehead atoms. The summed E-state index contributed by atoms with van der Waals surface area (Å²) in [4.78, 5) is 10.5. The lowest BCUT2D eigenvalue weighted by Crippen LogP contribution is -2.18. The molecule has 1 atom stereocenters. The third-order valence-corrected chi connectivity index (χ3v) is 2.71. The van der Waals surface area contributed by atoms with Gasteiger partial charge in [0.05, 0.1) is 6.42 Å². The molecule has 0 aliphatic heterocycles. The molecular weight excluding hydrogens is 194 g/mol. The van der Waals surface area contributed by atoms with Crippen LogP contribution in [0.2, 0.25) is 0 Å². The number of nitrogens with two attached hydrogens (primary N) is 1. The van der Waals surface area contributed by atoms with Crippen LogP contribution >= 0.6 is 0 Å². The number of phenolic OH excluding ortho intramolecular Hbond substituents is 1. The van der Waals surface area contributed by atoms with E-state index < -0.39 is 5.97 Å². The summed E-state index contributed by atoms with van der Waals surface area (Å²) >= 11 is 0. The van der Waals surface area contributed by atoms with Crippen molar-refractivity contribution in [3.8, 4) is 5.75 Å². The van der Waals surface area contributed by atoms with Gasteiger partial charge in [-0.25, -0.2) is 0 Å². The Hall–Kier alpha value is -1.55. The Morgan fingerprint density at radius 1 is 1.40 bits per heavy atom. The zero-order chi connectivity index (χ0) is 11.0. The first kappa shape index (κ1) is 9.98. The number of hydrogen-bond acceptors (Lipinski definition) is 3. The van der Waals surface area contributed by atoms with Crippen molar-refractivity contribution >= 4 is 5.97 Å². The number of aromatic hydroxyl groups is 1. The van der Waals surface area contributed by atoms with Crippen molar-refractivity contribution in [1.29, 1.82) is 0 Å². The molecule has 2 rings (SSSR count). The molecule has 1 aromatic rings. The monoisotopic (exact) mass is 207 g/mol. The molecule has 0 heterocycles. The molecule has 15 heavy (non-hydrogen) atoms. The Kier molecular flexibility index (Phi) is 2.36. The molecule has 80 valence electrons. The summed E-state index contributed by atoms with van der Waals surface area (Å²) in [6.45, 7) is 0. The predicted molar refractivity (Wildman–Crippen MR) is 54.8 cm³/mol. The minimum absolute atomic E-state index is 0.0604. The molecule has 0 saturated carbocycles. The van der Waals surface area contributed by atoms with Crippen LogP contribution in [0.5, 0.6) is 5.75 Å². The van der Waals surface area contributed by atoms with Crippen LogP contribution in [0.25, 0.3) is 0 Å². The summed E-state index contributed by atoms with van der Waals surface area (Å²) in [6.07, 6.45) is 1.38. The number of carboxylic acids is 1. The van der Waals surface area contributed by atoms with E-state index in [4.69, 9.17) is 10.8 Å². The second-order valence-electron chi connectivity index (χ2n) is 3.99. The van der Waals surface area contributed by atoms with Gasteiger partial charge in [-0.2, -0.15) is 0 Å². The van der Waals surface area contributed by atoms with Gasteiger partial charge in [0.15, 0.2) is 0 Å². The molecule has 1 unspecified atom stereocenters. The summed E-state index contributed by atoms with van der Waals surface area (Å²) in [5.41, 5.74) is 8.36. The third-order valence-electron chi connectivity index (χ3n) is 2.71. The lowest BCUT2D eigenvalue weighted by molar-refractivity contribution is -0.136. The summed E-state index contributed by atoms with van der Waals surface area (Å²) < 4.78 is 0. The third kappa shape index (κ3) is 1.94. The highest BCUT2D eigenvalue weighted by Crippen LogP contribution is 2.29. The van der Waals surface area contributed by atoms with Gasteiger partial charge < -0.3 is 15.9 Å². The number of benzene rings is 1. The Balaban J connectivity index is 2.35. The minimum Gasteiger partial charge on any atom is -0.508 e. The van der Waals surface area contributed by atoms with Gasteiger partial charge in [-0.3, -0.25) is 4.79 Å². The SMILES string of the molecule is NC1Cc2cc(O)c(CC(=O)O)cc2C1. The van der Waals surface area contributed by atoms with Gasteiger partial charge in [0.2, 0.25) is 0 Å². The van der Waals surface area contributed by atoms with Crippen LogP contribution in [0.4, 0.5) is 0 Å². The van der Waals surface area contributed by atoms with Crippen LogP contribution in [0.15, 0.2) is 12.1 Å². The Morgan fingerprint density at radius 2 is 2.00 bits per heavy atom. The molecule has 0 spiro atoms. The van der Waals surface area contributed by atoms with E-state index in [1.165, 1.54) is 0 Å². The summed E-state index contributed by atoms with van der Waals surface area (Å²) in [5, 5.41) is 18.3. The van der Waals surface area contributed by atoms with Crippen LogP contribution in [0, 0.1) is 0 Å². The molecule has 0 radical (unpaired) electrons. The van der Waals surface area contributed by atoms with E-state index in [1.807, 2.05) is 0 Å². The van der Waals surface area contributed by atoms with Gasteiger partial charge >= 0.3 is 5.97 Å². The maximum Gasteiger partial charge on any atom is 0.307 e. The topological polar surface area (TPSA) is 83.5 Å². The lowest BCUT2D eigenvalue weighted by Gasteiger charge is -2.05. The van der Waals surface area contributed by atoms with Gasteiger partial charge in [-0.15, -0.1) is 0 Å². The van der Waals surface area contributed by atoms with E-state index in [-0.39, 0.29) is 18.2 Å². The van der Waals surface area contributed by atoms with Gasteiger partial charge in [0.25, 0.3) is 0 Å². The van der Waals surface area contributed by atoms with Crippen molar-refractivity contribution in [1.82, 2.24) is 0 Å². The summed E-state index contributed by atoms with van der Waals surface area (Å²) in [5.74, 6) is -0.877. The molecular formula is C11H13NO3. The Morgan fingerprint density at radius 3 is 2.60 bits per heavy atom. The largest absolute Gasteiger partial charge is 0.508 e. The summed E-state index contributed by atoms with van der Waals surface area (Å²) in [7, 11) is 0. The first-order valence-corrected chi connectivity index (χ1v) is 4.87. The normalized spacial score (nSPS) is 18.9. The van der Waals surface area contributed by atoms with Crippen LogP contribution in [-0.2, 0) is 24.1 Å².